The minimum Gasteiger partial charge on any atom is -0.355 e. The van der Waals surface area contributed by atoms with E-state index in [0.29, 0.717) is 6.54 Å². The SMILES string of the molecule is O=C(NCc1cccs1)NC1CCN(c2cc(-c3cccs3)[nH]n2)CC1. The van der Waals surface area contributed by atoms with Gasteiger partial charge in [0.05, 0.1) is 17.1 Å². The predicted octanol–water partition coefficient (Wildman–Crippen LogP) is 3.67. The van der Waals surface area contributed by atoms with Gasteiger partial charge >= 0.3 is 6.03 Å². The largest absolute Gasteiger partial charge is 0.355 e. The third-order valence-corrected chi connectivity index (χ3v) is 6.29. The van der Waals surface area contributed by atoms with E-state index in [4.69, 9.17) is 0 Å². The molecule has 0 aromatic carbocycles. The maximum absolute atomic E-state index is 12.0. The molecule has 6 nitrogen and oxygen atoms in total. The average Bonchev–Trinajstić information content (AvgIpc) is 3.42. The lowest BCUT2D eigenvalue weighted by atomic mass is 10.1. The number of aromatic nitrogens is 2. The van der Waals surface area contributed by atoms with Crippen molar-refractivity contribution in [3.8, 4) is 10.6 Å². The third-order valence-electron chi connectivity index (χ3n) is 4.51. The molecule has 8 heteroatoms. The van der Waals surface area contributed by atoms with Crippen LogP contribution in [0.2, 0.25) is 0 Å². The van der Waals surface area contributed by atoms with Crippen molar-refractivity contribution in [3.63, 3.8) is 0 Å². The number of carbonyl (C=O) groups is 1. The summed E-state index contributed by atoms with van der Waals surface area (Å²) >= 11 is 3.35. The summed E-state index contributed by atoms with van der Waals surface area (Å²) in [4.78, 5) is 16.7. The number of carbonyl (C=O) groups excluding carboxylic acids is 1. The number of urea groups is 1. The van der Waals surface area contributed by atoms with Crippen LogP contribution in [0.4, 0.5) is 10.6 Å². The Kier molecular flexibility index (Phi) is 5.21. The molecule has 0 atom stereocenters. The van der Waals surface area contributed by atoms with Crippen LogP contribution in [0.1, 0.15) is 17.7 Å². The molecule has 0 radical (unpaired) electrons. The van der Waals surface area contributed by atoms with E-state index in [-0.39, 0.29) is 12.1 Å². The molecule has 4 rings (SSSR count). The van der Waals surface area contributed by atoms with E-state index in [9.17, 15) is 4.79 Å². The van der Waals surface area contributed by atoms with Crippen molar-refractivity contribution in [3.05, 3.63) is 46.0 Å². The molecule has 3 aromatic rings. The Bertz CT molecular complexity index is 820. The summed E-state index contributed by atoms with van der Waals surface area (Å²) in [6.45, 7) is 2.37. The molecular formula is C18H21N5OS2. The molecule has 1 aliphatic rings. The maximum Gasteiger partial charge on any atom is 0.315 e. The molecule has 0 unspecified atom stereocenters. The summed E-state index contributed by atoms with van der Waals surface area (Å²) in [6, 6.07) is 10.4. The van der Waals surface area contributed by atoms with Crippen LogP contribution in [-0.4, -0.2) is 35.4 Å². The van der Waals surface area contributed by atoms with Gasteiger partial charge in [0.25, 0.3) is 0 Å². The van der Waals surface area contributed by atoms with E-state index in [0.717, 1.165) is 42.3 Å². The van der Waals surface area contributed by atoms with Crippen LogP contribution in [-0.2, 0) is 6.54 Å². The Hall–Kier alpha value is -2.32. The number of nitrogens with zero attached hydrogens (tertiary/aromatic N) is 2. The highest BCUT2D eigenvalue weighted by Crippen LogP contribution is 2.27. The van der Waals surface area contributed by atoms with Crippen LogP contribution in [0.25, 0.3) is 10.6 Å². The fourth-order valence-electron chi connectivity index (χ4n) is 3.10. The molecule has 1 aliphatic heterocycles. The van der Waals surface area contributed by atoms with Crippen molar-refractivity contribution in [2.75, 3.05) is 18.0 Å². The fourth-order valence-corrected chi connectivity index (χ4v) is 4.44. The quantitative estimate of drug-likeness (QED) is 0.625. The number of hydrogen-bond donors (Lipinski definition) is 3. The Morgan fingerprint density at radius 3 is 2.77 bits per heavy atom. The summed E-state index contributed by atoms with van der Waals surface area (Å²) in [5, 5.41) is 17.7. The highest BCUT2D eigenvalue weighted by molar-refractivity contribution is 7.13. The standard InChI is InChI=1S/C18H21N5OS2/c24-18(19-12-14-3-1-9-25-14)20-13-5-7-23(8-6-13)17-11-15(21-22-17)16-4-2-10-26-16/h1-4,9-11,13H,5-8,12H2,(H,21,22)(H2,19,20,24). The van der Waals surface area contributed by atoms with Crippen LogP contribution in [0.5, 0.6) is 0 Å². The Morgan fingerprint density at radius 1 is 1.23 bits per heavy atom. The summed E-state index contributed by atoms with van der Waals surface area (Å²) in [5.74, 6) is 0.981. The molecule has 3 aromatic heterocycles. The number of thiophene rings is 2. The first-order valence-electron chi connectivity index (χ1n) is 8.69. The van der Waals surface area contributed by atoms with Crippen molar-refractivity contribution in [2.24, 2.45) is 0 Å². The molecular weight excluding hydrogens is 366 g/mol. The number of piperidine rings is 1. The van der Waals surface area contributed by atoms with E-state index in [1.807, 2.05) is 23.6 Å². The molecule has 1 saturated heterocycles. The second-order valence-electron chi connectivity index (χ2n) is 6.28. The topological polar surface area (TPSA) is 73.1 Å². The van der Waals surface area contributed by atoms with Crippen molar-refractivity contribution in [1.82, 2.24) is 20.8 Å². The van der Waals surface area contributed by atoms with Gasteiger partial charge in [0.1, 0.15) is 0 Å². The normalized spacial score (nSPS) is 15.2. The van der Waals surface area contributed by atoms with Crippen LogP contribution in [0.3, 0.4) is 0 Å². The van der Waals surface area contributed by atoms with Gasteiger partial charge in [0.15, 0.2) is 5.82 Å². The molecule has 4 heterocycles. The van der Waals surface area contributed by atoms with Gasteiger partial charge in [-0.05, 0) is 35.7 Å². The smallest absolute Gasteiger partial charge is 0.315 e. The molecule has 2 amide bonds. The van der Waals surface area contributed by atoms with Gasteiger partial charge in [-0.1, -0.05) is 12.1 Å². The molecule has 136 valence electrons. The van der Waals surface area contributed by atoms with Gasteiger partial charge in [-0.25, -0.2) is 4.79 Å². The molecule has 3 N–H and O–H groups in total. The number of nitrogens with one attached hydrogen (secondary N) is 3. The summed E-state index contributed by atoms with van der Waals surface area (Å²) < 4.78 is 0. The van der Waals surface area contributed by atoms with E-state index in [1.165, 1.54) is 4.88 Å². The lowest BCUT2D eigenvalue weighted by Gasteiger charge is -2.32. The van der Waals surface area contributed by atoms with Crippen LogP contribution >= 0.6 is 22.7 Å². The number of hydrogen-bond acceptors (Lipinski definition) is 5. The van der Waals surface area contributed by atoms with Gasteiger partial charge in [0, 0.05) is 30.1 Å². The number of amides is 2. The Morgan fingerprint density at radius 2 is 2.04 bits per heavy atom. The summed E-state index contributed by atoms with van der Waals surface area (Å²) in [7, 11) is 0. The van der Waals surface area contributed by atoms with Crippen molar-refractivity contribution < 1.29 is 4.79 Å². The number of H-pyrrole nitrogens is 1. The zero-order valence-electron chi connectivity index (χ0n) is 14.3. The molecule has 0 spiro atoms. The first kappa shape index (κ1) is 17.1. The Balaban J connectivity index is 1.24. The summed E-state index contributed by atoms with van der Waals surface area (Å²) in [6.07, 6.45) is 1.85. The number of aromatic amines is 1. The van der Waals surface area contributed by atoms with Crippen molar-refractivity contribution >= 4 is 34.5 Å². The van der Waals surface area contributed by atoms with Crippen LogP contribution in [0.15, 0.2) is 41.1 Å². The molecule has 0 bridgehead atoms. The zero-order valence-corrected chi connectivity index (χ0v) is 15.9. The Labute approximate surface area is 160 Å². The first-order valence-corrected chi connectivity index (χ1v) is 10.4. The van der Waals surface area contributed by atoms with Gasteiger partial charge < -0.3 is 15.5 Å². The monoisotopic (exact) mass is 387 g/mol. The zero-order chi connectivity index (χ0) is 17.8. The van der Waals surface area contributed by atoms with Gasteiger partial charge in [-0.3, -0.25) is 5.10 Å². The lowest BCUT2D eigenvalue weighted by molar-refractivity contribution is 0.234. The second-order valence-corrected chi connectivity index (χ2v) is 8.26. The van der Waals surface area contributed by atoms with E-state index in [1.54, 1.807) is 22.7 Å². The number of rotatable bonds is 5. The van der Waals surface area contributed by atoms with Crippen molar-refractivity contribution in [2.45, 2.75) is 25.4 Å². The van der Waals surface area contributed by atoms with Gasteiger partial charge in [-0.15, -0.1) is 22.7 Å². The minimum absolute atomic E-state index is 0.0865. The second kappa shape index (κ2) is 7.92. The highest BCUT2D eigenvalue weighted by atomic mass is 32.1. The lowest BCUT2D eigenvalue weighted by Crippen LogP contribution is -2.47. The van der Waals surface area contributed by atoms with E-state index >= 15 is 0 Å². The number of anilines is 1. The van der Waals surface area contributed by atoms with Crippen LogP contribution in [0, 0.1) is 0 Å². The molecule has 26 heavy (non-hydrogen) atoms. The maximum atomic E-state index is 12.0. The average molecular weight is 388 g/mol. The van der Waals surface area contributed by atoms with Crippen molar-refractivity contribution in [1.29, 1.82) is 0 Å². The van der Waals surface area contributed by atoms with Gasteiger partial charge in [0.2, 0.25) is 0 Å². The fraction of sp³-hybridized carbons (Fsp3) is 0.333. The predicted molar refractivity (Wildman–Crippen MR) is 107 cm³/mol. The third kappa shape index (κ3) is 4.08. The van der Waals surface area contributed by atoms with E-state index in [2.05, 4.69) is 43.2 Å². The molecule has 0 aliphatic carbocycles. The van der Waals surface area contributed by atoms with Gasteiger partial charge in [-0.2, -0.15) is 5.10 Å². The first-order chi connectivity index (χ1) is 12.8. The minimum atomic E-state index is -0.0865. The summed E-state index contributed by atoms with van der Waals surface area (Å²) in [5.41, 5.74) is 1.06. The van der Waals surface area contributed by atoms with Crippen LogP contribution < -0.4 is 15.5 Å². The highest BCUT2D eigenvalue weighted by Gasteiger charge is 2.22. The molecule has 0 saturated carbocycles. The molecule has 1 fully saturated rings. The van der Waals surface area contributed by atoms with E-state index < -0.39 is 0 Å².